The lowest BCUT2D eigenvalue weighted by molar-refractivity contribution is 0.216. The molecule has 5 nitrogen and oxygen atoms in total. The summed E-state index contributed by atoms with van der Waals surface area (Å²) in [6.07, 6.45) is 0.859. The van der Waals surface area contributed by atoms with E-state index in [-0.39, 0.29) is 6.04 Å². The lowest BCUT2D eigenvalue weighted by Crippen LogP contribution is -2.50. The minimum atomic E-state index is 0.0114. The largest absolute Gasteiger partial charge is 0.354 e. The maximum Gasteiger partial charge on any atom is 0.130 e. The molecule has 1 atom stereocenters. The van der Waals surface area contributed by atoms with Crippen molar-refractivity contribution >= 4 is 5.82 Å². The van der Waals surface area contributed by atoms with Gasteiger partial charge in [-0.3, -0.25) is 4.90 Å². The highest BCUT2D eigenvalue weighted by Crippen LogP contribution is 2.18. The van der Waals surface area contributed by atoms with Crippen molar-refractivity contribution in [2.45, 2.75) is 26.3 Å². The van der Waals surface area contributed by atoms with Gasteiger partial charge in [-0.2, -0.15) is 10.5 Å². The van der Waals surface area contributed by atoms with Crippen molar-refractivity contribution in [2.24, 2.45) is 0 Å². The Balaban J connectivity index is 2.06. The van der Waals surface area contributed by atoms with Gasteiger partial charge in [-0.1, -0.05) is 6.92 Å². The second-order valence-corrected chi connectivity index (χ2v) is 5.04. The lowest BCUT2D eigenvalue weighted by Gasteiger charge is -2.37. The van der Waals surface area contributed by atoms with Crippen LogP contribution >= 0.6 is 0 Å². The summed E-state index contributed by atoms with van der Waals surface area (Å²) in [5, 5.41) is 18.1. The van der Waals surface area contributed by atoms with Crippen LogP contribution in [0.1, 0.15) is 24.6 Å². The van der Waals surface area contributed by atoms with Crippen molar-refractivity contribution in [1.82, 2.24) is 9.88 Å². The molecule has 0 aromatic carbocycles. The van der Waals surface area contributed by atoms with Gasteiger partial charge in [0.25, 0.3) is 0 Å². The number of hydrogen-bond acceptors (Lipinski definition) is 5. The highest BCUT2D eigenvalue weighted by atomic mass is 15.3. The van der Waals surface area contributed by atoms with Crippen molar-refractivity contribution in [3.63, 3.8) is 0 Å². The molecular formula is C15H19N5. The summed E-state index contributed by atoms with van der Waals surface area (Å²) in [5.74, 6) is 0.867. The van der Waals surface area contributed by atoms with E-state index in [2.05, 4.69) is 26.9 Å². The summed E-state index contributed by atoms with van der Waals surface area (Å²) in [4.78, 5) is 8.92. The Bertz CT molecular complexity index is 546. The Hall–Kier alpha value is -2.11. The van der Waals surface area contributed by atoms with Crippen LogP contribution in [-0.2, 0) is 0 Å². The molecule has 0 aliphatic carbocycles. The van der Waals surface area contributed by atoms with Crippen molar-refractivity contribution in [2.75, 3.05) is 31.1 Å². The van der Waals surface area contributed by atoms with Crippen molar-refractivity contribution in [1.29, 1.82) is 10.5 Å². The average Bonchev–Trinajstić information content (AvgIpc) is 2.48. The Morgan fingerprint density at radius 2 is 1.95 bits per heavy atom. The molecular weight excluding hydrogens is 250 g/mol. The second kappa shape index (κ2) is 6.36. The van der Waals surface area contributed by atoms with Crippen molar-refractivity contribution in [3.05, 3.63) is 23.4 Å². The van der Waals surface area contributed by atoms with Gasteiger partial charge in [-0.25, -0.2) is 4.98 Å². The van der Waals surface area contributed by atoms with Crippen LogP contribution in [-0.4, -0.2) is 42.1 Å². The molecule has 0 bridgehead atoms. The van der Waals surface area contributed by atoms with E-state index in [1.807, 2.05) is 19.9 Å². The molecule has 1 unspecified atom stereocenters. The SMILES string of the molecule is CCC(C#N)N1CCN(c2cc(C#N)cc(C)n2)CC1. The molecule has 1 aliphatic heterocycles. The first-order valence-corrected chi connectivity index (χ1v) is 6.95. The molecule has 0 saturated carbocycles. The maximum absolute atomic E-state index is 9.11. The van der Waals surface area contributed by atoms with Gasteiger partial charge in [-0.15, -0.1) is 0 Å². The predicted molar refractivity (Wildman–Crippen MR) is 77.2 cm³/mol. The fraction of sp³-hybridized carbons (Fsp3) is 0.533. The minimum Gasteiger partial charge on any atom is -0.354 e. The molecule has 0 radical (unpaired) electrons. The fourth-order valence-electron chi connectivity index (χ4n) is 2.57. The third-order valence-electron chi connectivity index (χ3n) is 3.68. The minimum absolute atomic E-state index is 0.0114. The first kappa shape index (κ1) is 14.3. The Kier molecular flexibility index (Phi) is 4.55. The fourth-order valence-corrected chi connectivity index (χ4v) is 2.57. The van der Waals surface area contributed by atoms with Crippen LogP contribution < -0.4 is 4.90 Å². The summed E-state index contributed by atoms with van der Waals surface area (Å²) in [6, 6.07) is 8.17. The molecule has 1 aromatic heterocycles. The summed E-state index contributed by atoms with van der Waals surface area (Å²) >= 11 is 0. The summed E-state index contributed by atoms with van der Waals surface area (Å²) in [7, 11) is 0. The average molecular weight is 269 g/mol. The monoisotopic (exact) mass is 269 g/mol. The van der Waals surface area contributed by atoms with Crippen LogP contribution in [0.5, 0.6) is 0 Å². The number of pyridine rings is 1. The number of anilines is 1. The molecule has 0 spiro atoms. The van der Waals surface area contributed by atoms with Gasteiger partial charge in [0.2, 0.25) is 0 Å². The maximum atomic E-state index is 9.11. The van der Waals surface area contributed by atoms with E-state index in [0.717, 1.165) is 44.1 Å². The van der Waals surface area contributed by atoms with E-state index in [1.165, 1.54) is 0 Å². The third-order valence-corrected chi connectivity index (χ3v) is 3.68. The Morgan fingerprint density at radius 1 is 1.25 bits per heavy atom. The number of hydrogen-bond donors (Lipinski definition) is 0. The first-order chi connectivity index (χ1) is 9.67. The van der Waals surface area contributed by atoms with E-state index in [1.54, 1.807) is 6.07 Å². The van der Waals surface area contributed by atoms with E-state index in [9.17, 15) is 0 Å². The van der Waals surface area contributed by atoms with Gasteiger partial charge >= 0.3 is 0 Å². The van der Waals surface area contributed by atoms with E-state index in [0.29, 0.717) is 5.56 Å². The molecule has 20 heavy (non-hydrogen) atoms. The van der Waals surface area contributed by atoms with Crippen LogP contribution in [0.2, 0.25) is 0 Å². The molecule has 0 N–H and O–H groups in total. The van der Waals surface area contributed by atoms with Crippen LogP contribution in [0.3, 0.4) is 0 Å². The van der Waals surface area contributed by atoms with Crippen LogP contribution in [0.25, 0.3) is 0 Å². The molecule has 1 aromatic rings. The van der Waals surface area contributed by atoms with E-state index < -0.39 is 0 Å². The van der Waals surface area contributed by atoms with Crippen LogP contribution in [0.15, 0.2) is 12.1 Å². The van der Waals surface area contributed by atoms with Gasteiger partial charge in [0.1, 0.15) is 5.82 Å². The van der Waals surface area contributed by atoms with Crippen LogP contribution in [0.4, 0.5) is 5.82 Å². The summed E-state index contributed by atoms with van der Waals surface area (Å²) < 4.78 is 0. The predicted octanol–water partition coefficient (Wildman–Crippen LogP) is 1.69. The Labute approximate surface area is 120 Å². The number of aromatic nitrogens is 1. The molecule has 1 fully saturated rings. The Morgan fingerprint density at radius 3 is 2.50 bits per heavy atom. The molecule has 2 heterocycles. The molecule has 104 valence electrons. The number of piperazine rings is 1. The van der Waals surface area contributed by atoms with E-state index >= 15 is 0 Å². The second-order valence-electron chi connectivity index (χ2n) is 5.04. The zero-order valence-electron chi connectivity index (χ0n) is 12.0. The number of nitrogens with zero attached hydrogens (tertiary/aromatic N) is 5. The number of aryl methyl sites for hydroxylation is 1. The standard InChI is InChI=1S/C15H19N5/c1-3-14(11-17)19-4-6-20(7-5-19)15-9-13(10-16)8-12(2)18-15/h8-9,14H,3-7H2,1-2H3. The van der Waals surface area contributed by atoms with Gasteiger partial charge in [-0.05, 0) is 25.5 Å². The molecule has 5 heteroatoms. The zero-order valence-corrected chi connectivity index (χ0v) is 12.0. The van der Waals surface area contributed by atoms with Gasteiger partial charge in [0.15, 0.2) is 0 Å². The smallest absolute Gasteiger partial charge is 0.130 e. The summed E-state index contributed by atoms with van der Waals surface area (Å²) in [5.41, 5.74) is 1.52. The number of rotatable bonds is 3. The zero-order chi connectivity index (χ0) is 14.5. The summed E-state index contributed by atoms with van der Waals surface area (Å²) in [6.45, 7) is 7.37. The topological polar surface area (TPSA) is 67.0 Å². The van der Waals surface area contributed by atoms with E-state index in [4.69, 9.17) is 10.5 Å². The van der Waals surface area contributed by atoms with Gasteiger partial charge < -0.3 is 4.90 Å². The number of nitriles is 2. The van der Waals surface area contributed by atoms with Crippen LogP contribution in [0, 0.1) is 29.6 Å². The van der Waals surface area contributed by atoms with Gasteiger partial charge in [0.05, 0.1) is 23.7 Å². The molecule has 2 rings (SSSR count). The normalized spacial score (nSPS) is 17.3. The van der Waals surface area contributed by atoms with Gasteiger partial charge in [0, 0.05) is 31.9 Å². The van der Waals surface area contributed by atoms with Crippen molar-refractivity contribution in [3.8, 4) is 12.1 Å². The molecule has 0 amide bonds. The quantitative estimate of drug-likeness (QED) is 0.835. The highest BCUT2D eigenvalue weighted by molar-refractivity contribution is 5.47. The highest BCUT2D eigenvalue weighted by Gasteiger charge is 2.23. The third kappa shape index (κ3) is 3.07. The van der Waals surface area contributed by atoms with Crippen molar-refractivity contribution < 1.29 is 0 Å². The molecule has 1 aliphatic rings. The molecule has 1 saturated heterocycles. The first-order valence-electron chi connectivity index (χ1n) is 6.95. The lowest BCUT2D eigenvalue weighted by atomic mass is 10.1.